The lowest BCUT2D eigenvalue weighted by atomic mass is 9.83. The van der Waals surface area contributed by atoms with Gasteiger partial charge in [-0.3, -0.25) is 9.89 Å². The highest BCUT2D eigenvalue weighted by Gasteiger charge is 2.25. The van der Waals surface area contributed by atoms with Crippen molar-refractivity contribution in [2.75, 3.05) is 6.54 Å². The molecule has 2 rings (SSSR count). The molecule has 1 saturated carbocycles. The van der Waals surface area contributed by atoms with E-state index in [1.165, 1.54) is 26.2 Å². The van der Waals surface area contributed by atoms with Gasteiger partial charge in [-0.2, -0.15) is 5.10 Å². The Bertz CT molecular complexity index is 575. The van der Waals surface area contributed by atoms with Gasteiger partial charge in [0.25, 0.3) is 5.91 Å². The molecular weight excluding hydrogens is 268 g/mol. The van der Waals surface area contributed by atoms with E-state index in [4.69, 9.17) is 5.14 Å². The molecule has 1 aromatic rings. The predicted molar refractivity (Wildman–Crippen MR) is 69.0 cm³/mol. The number of hydrogen-bond donors (Lipinski definition) is 3. The van der Waals surface area contributed by atoms with Crippen LogP contribution in [-0.2, 0) is 10.0 Å². The van der Waals surface area contributed by atoms with Crippen LogP contribution in [0.1, 0.15) is 41.9 Å². The summed E-state index contributed by atoms with van der Waals surface area (Å²) < 4.78 is 22.8. The number of primary sulfonamides is 1. The highest BCUT2D eigenvalue weighted by atomic mass is 32.2. The Morgan fingerprint density at radius 1 is 1.53 bits per heavy atom. The normalized spacial score (nSPS) is 16.1. The van der Waals surface area contributed by atoms with Gasteiger partial charge >= 0.3 is 0 Å². The van der Waals surface area contributed by atoms with Gasteiger partial charge in [-0.15, -0.1) is 0 Å². The Kier molecular flexibility index (Phi) is 3.91. The lowest BCUT2D eigenvalue weighted by Gasteiger charge is -2.25. The summed E-state index contributed by atoms with van der Waals surface area (Å²) in [4.78, 5) is 11.7. The number of carbonyl (C=O) groups is 1. The van der Waals surface area contributed by atoms with E-state index in [2.05, 4.69) is 15.5 Å². The number of amides is 1. The number of nitrogens with zero attached hydrogens (tertiary/aromatic N) is 1. The molecule has 0 radical (unpaired) electrons. The molecule has 1 aromatic heterocycles. The molecule has 8 heteroatoms. The van der Waals surface area contributed by atoms with Crippen molar-refractivity contribution in [3.05, 3.63) is 11.4 Å². The van der Waals surface area contributed by atoms with Crippen LogP contribution < -0.4 is 10.5 Å². The first kappa shape index (κ1) is 14.0. The molecule has 0 unspecified atom stereocenters. The van der Waals surface area contributed by atoms with Gasteiger partial charge in [-0.25, -0.2) is 13.6 Å². The Labute approximate surface area is 112 Å². The van der Waals surface area contributed by atoms with Gasteiger partial charge in [-0.1, -0.05) is 19.3 Å². The van der Waals surface area contributed by atoms with Crippen LogP contribution in [0.4, 0.5) is 0 Å². The molecule has 1 heterocycles. The van der Waals surface area contributed by atoms with Crippen LogP contribution in [0.3, 0.4) is 0 Å². The predicted octanol–water partition coefficient (Wildman–Crippen LogP) is 0.286. The molecule has 1 aliphatic rings. The number of aryl methyl sites for hydroxylation is 1. The second-order valence-electron chi connectivity index (χ2n) is 4.91. The van der Waals surface area contributed by atoms with Crippen molar-refractivity contribution in [1.29, 1.82) is 0 Å². The Morgan fingerprint density at radius 3 is 2.74 bits per heavy atom. The van der Waals surface area contributed by atoms with Crippen LogP contribution in [0.15, 0.2) is 4.90 Å². The van der Waals surface area contributed by atoms with E-state index < -0.39 is 15.9 Å². The third-order valence-corrected chi connectivity index (χ3v) is 4.52. The van der Waals surface area contributed by atoms with Crippen molar-refractivity contribution in [2.24, 2.45) is 11.1 Å². The molecule has 0 bridgehead atoms. The Hall–Kier alpha value is -1.41. The fourth-order valence-electron chi connectivity index (χ4n) is 2.18. The standard InChI is InChI=1S/C11H18N4O3S/c1-7-10(19(12,17)18)9(15-14-7)11(16)13-6-5-8-3-2-4-8/h8H,2-6H2,1H3,(H,13,16)(H,14,15)(H2,12,17,18). The zero-order valence-corrected chi connectivity index (χ0v) is 11.6. The van der Waals surface area contributed by atoms with Crippen molar-refractivity contribution in [1.82, 2.24) is 15.5 Å². The largest absolute Gasteiger partial charge is 0.351 e. The summed E-state index contributed by atoms with van der Waals surface area (Å²) in [7, 11) is -3.96. The minimum atomic E-state index is -3.96. The SMILES string of the molecule is Cc1[nH]nc(C(=O)NCCC2CCC2)c1S(N)(=O)=O. The lowest BCUT2D eigenvalue weighted by molar-refractivity contribution is 0.0940. The number of hydrogen-bond acceptors (Lipinski definition) is 4. The van der Waals surface area contributed by atoms with Gasteiger partial charge in [0.2, 0.25) is 10.0 Å². The number of nitrogens with two attached hydrogens (primary N) is 1. The maximum Gasteiger partial charge on any atom is 0.273 e. The van der Waals surface area contributed by atoms with Crippen molar-refractivity contribution in [3.8, 4) is 0 Å². The van der Waals surface area contributed by atoms with Crippen molar-refractivity contribution in [2.45, 2.75) is 37.5 Å². The first-order valence-electron chi connectivity index (χ1n) is 6.25. The van der Waals surface area contributed by atoms with E-state index in [1.54, 1.807) is 0 Å². The summed E-state index contributed by atoms with van der Waals surface area (Å²) in [6, 6.07) is 0. The van der Waals surface area contributed by atoms with Gasteiger partial charge in [0.1, 0.15) is 4.90 Å². The third kappa shape index (κ3) is 3.13. The van der Waals surface area contributed by atoms with E-state index in [9.17, 15) is 13.2 Å². The first-order chi connectivity index (χ1) is 8.89. The number of aromatic amines is 1. The molecule has 1 aliphatic carbocycles. The molecule has 0 saturated heterocycles. The summed E-state index contributed by atoms with van der Waals surface area (Å²) in [6.45, 7) is 2.04. The lowest BCUT2D eigenvalue weighted by Crippen LogP contribution is -2.29. The highest BCUT2D eigenvalue weighted by Crippen LogP contribution is 2.28. The summed E-state index contributed by atoms with van der Waals surface area (Å²) >= 11 is 0. The second kappa shape index (κ2) is 5.30. The topological polar surface area (TPSA) is 118 Å². The van der Waals surface area contributed by atoms with E-state index >= 15 is 0 Å². The Balaban J connectivity index is 2.02. The minimum absolute atomic E-state index is 0.159. The highest BCUT2D eigenvalue weighted by molar-refractivity contribution is 7.89. The molecule has 0 spiro atoms. The van der Waals surface area contributed by atoms with Crippen LogP contribution >= 0.6 is 0 Å². The van der Waals surface area contributed by atoms with Crippen LogP contribution in [-0.4, -0.2) is 31.1 Å². The van der Waals surface area contributed by atoms with Crippen molar-refractivity contribution < 1.29 is 13.2 Å². The van der Waals surface area contributed by atoms with Gasteiger partial charge in [0.05, 0.1) is 5.69 Å². The molecule has 19 heavy (non-hydrogen) atoms. The maximum absolute atomic E-state index is 11.9. The molecule has 0 aliphatic heterocycles. The van der Waals surface area contributed by atoms with Gasteiger partial charge in [0.15, 0.2) is 5.69 Å². The molecule has 1 fully saturated rings. The summed E-state index contributed by atoms with van der Waals surface area (Å²) in [5, 5.41) is 14.0. The van der Waals surface area contributed by atoms with Crippen molar-refractivity contribution >= 4 is 15.9 Å². The van der Waals surface area contributed by atoms with Crippen LogP contribution in [0, 0.1) is 12.8 Å². The van der Waals surface area contributed by atoms with Gasteiger partial charge in [0, 0.05) is 6.54 Å². The summed E-state index contributed by atoms with van der Waals surface area (Å²) in [5.41, 5.74) is 0.111. The van der Waals surface area contributed by atoms with Crippen molar-refractivity contribution in [3.63, 3.8) is 0 Å². The maximum atomic E-state index is 11.9. The third-order valence-electron chi connectivity index (χ3n) is 3.45. The number of sulfonamides is 1. The van der Waals surface area contributed by atoms with E-state index in [-0.39, 0.29) is 16.3 Å². The average Bonchev–Trinajstić information content (AvgIpc) is 2.63. The Morgan fingerprint density at radius 2 is 2.21 bits per heavy atom. The van der Waals surface area contributed by atoms with Gasteiger partial charge in [-0.05, 0) is 19.3 Å². The molecule has 0 aromatic carbocycles. The monoisotopic (exact) mass is 286 g/mol. The molecule has 106 valence electrons. The quantitative estimate of drug-likeness (QED) is 0.720. The van der Waals surface area contributed by atoms with Crippen LogP contribution in [0.25, 0.3) is 0 Å². The van der Waals surface area contributed by atoms with E-state index in [0.29, 0.717) is 12.5 Å². The number of H-pyrrole nitrogens is 1. The summed E-state index contributed by atoms with van der Waals surface area (Å²) in [6.07, 6.45) is 4.59. The first-order valence-corrected chi connectivity index (χ1v) is 7.80. The number of rotatable bonds is 5. The van der Waals surface area contributed by atoms with E-state index in [1.807, 2.05) is 0 Å². The number of aromatic nitrogens is 2. The van der Waals surface area contributed by atoms with E-state index in [0.717, 1.165) is 6.42 Å². The zero-order chi connectivity index (χ0) is 14.0. The number of carbonyl (C=O) groups excluding carboxylic acids is 1. The minimum Gasteiger partial charge on any atom is -0.351 e. The fraction of sp³-hybridized carbons (Fsp3) is 0.636. The molecule has 7 nitrogen and oxygen atoms in total. The summed E-state index contributed by atoms with van der Waals surface area (Å²) in [5.74, 6) is 0.173. The zero-order valence-electron chi connectivity index (χ0n) is 10.8. The molecule has 1 amide bonds. The van der Waals surface area contributed by atoms with Crippen LogP contribution in [0.5, 0.6) is 0 Å². The molecule has 0 atom stereocenters. The molecule has 4 N–H and O–H groups in total. The van der Waals surface area contributed by atoms with Gasteiger partial charge < -0.3 is 5.32 Å². The smallest absolute Gasteiger partial charge is 0.273 e. The molecular formula is C11H18N4O3S. The second-order valence-corrected chi connectivity index (χ2v) is 6.41. The van der Waals surface area contributed by atoms with Crippen LogP contribution in [0.2, 0.25) is 0 Å². The fourth-order valence-corrected chi connectivity index (χ4v) is 3.06. The average molecular weight is 286 g/mol. The number of nitrogens with one attached hydrogen (secondary N) is 2.